The van der Waals surface area contributed by atoms with Crippen LogP contribution in [0.15, 0.2) is 18.3 Å². The molecule has 1 aliphatic heterocycles. The lowest BCUT2D eigenvalue weighted by Crippen LogP contribution is -2.29. The fourth-order valence-electron chi connectivity index (χ4n) is 5.17. The lowest BCUT2D eigenvalue weighted by molar-refractivity contribution is -0.164. The molecule has 0 saturated heterocycles. The molecule has 2 aromatic carbocycles. The smallest absolute Gasteiger partial charge is 0.339 e. The van der Waals surface area contributed by atoms with Crippen molar-refractivity contribution in [1.82, 2.24) is 4.98 Å². The monoisotopic (exact) mass is 528 g/mol. The number of ether oxygens (including phenoxy) is 3. The number of carbonyl (C=O) groups is 1. The van der Waals surface area contributed by atoms with Crippen molar-refractivity contribution in [2.24, 2.45) is 0 Å². The number of sulfonamides is 1. The molecule has 0 saturated carbocycles. The number of aromatic amines is 1. The van der Waals surface area contributed by atoms with Gasteiger partial charge in [0.05, 0.1) is 36.8 Å². The van der Waals surface area contributed by atoms with E-state index < -0.39 is 27.7 Å². The molecule has 1 unspecified atom stereocenters. The number of hydrogen-bond donors (Lipinski definition) is 2. The first-order valence-electron chi connectivity index (χ1n) is 12.4. The number of esters is 1. The number of aromatic nitrogens is 1. The predicted molar refractivity (Wildman–Crippen MR) is 146 cm³/mol. The molecule has 8 nitrogen and oxygen atoms in total. The Kier molecular flexibility index (Phi) is 7.07. The Hall–Kier alpha value is -3.04. The number of fused-ring (bicyclic) bond motifs is 2. The number of rotatable bonds is 6. The fourth-order valence-corrected chi connectivity index (χ4v) is 5.80. The zero-order valence-corrected chi connectivity index (χ0v) is 23.6. The van der Waals surface area contributed by atoms with Crippen LogP contribution in [-0.2, 0) is 30.7 Å². The molecular formula is C28H36N2O6S. The summed E-state index contributed by atoms with van der Waals surface area (Å²) in [7, 11) is -2.30. The Balaban J connectivity index is 2.18. The molecule has 1 aromatic heterocycles. The molecule has 0 radical (unpaired) electrons. The molecule has 0 amide bonds. The maximum Gasteiger partial charge on any atom is 0.339 e. The second kappa shape index (κ2) is 9.68. The van der Waals surface area contributed by atoms with E-state index in [-0.39, 0.29) is 0 Å². The number of benzene rings is 2. The Morgan fingerprint density at radius 1 is 1.16 bits per heavy atom. The molecule has 1 atom stereocenters. The van der Waals surface area contributed by atoms with Gasteiger partial charge < -0.3 is 19.2 Å². The third kappa shape index (κ3) is 5.20. The van der Waals surface area contributed by atoms with Gasteiger partial charge in [0, 0.05) is 17.1 Å². The molecular weight excluding hydrogens is 492 g/mol. The molecule has 1 aliphatic rings. The van der Waals surface area contributed by atoms with Crippen molar-refractivity contribution in [1.29, 1.82) is 0 Å². The summed E-state index contributed by atoms with van der Waals surface area (Å²) in [6, 6.07) is 3.99. The van der Waals surface area contributed by atoms with Crippen molar-refractivity contribution in [3.05, 3.63) is 46.1 Å². The fraction of sp³-hybridized carbons (Fsp3) is 0.464. The van der Waals surface area contributed by atoms with E-state index in [0.29, 0.717) is 28.9 Å². The van der Waals surface area contributed by atoms with Gasteiger partial charge in [-0.05, 0) is 93.8 Å². The van der Waals surface area contributed by atoms with Gasteiger partial charge in [-0.2, -0.15) is 0 Å². The van der Waals surface area contributed by atoms with E-state index in [0.717, 1.165) is 58.1 Å². The summed E-state index contributed by atoms with van der Waals surface area (Å²) in [4.78, 5) is 16.5. The number of nitrogens with one attached hydrogen (secondary N) is 2. The van der Waals surface area contributed by atoms with Crippen molar-refractivity contribution in [2.45, 2.75) is 66.1 Å². The van der Waals surface area contributed by atoms with Gasteiger partial charge in [-0.1, -0.05) is 6.07 Å². The average molecular weight is 529 g/mol. The summed E-state index contributed by atoms with van der Waals surface area (Å²) in [5.41, 5.74) is 6.36. The lowest BCUT2D eigenvalue weighted by atomic mass is 9.83. The highest BCUT2D eigenvalue weighted by Gasteiger charge is 2.35. The number of hydrogen-bond acceptors (Lipinski definition) is 6. The minimum atomic E-state index is -3.63. The van der Waals surface area contributed by atoms with E-state index in [9.17, 15) is 13.2 Å². The first kappa shape index (κ1) is 27.0. The number of aryl methyl sites for hydroxylation is 1. The van der Waals surface area contributed by atoms with Gasteiger partial charge in [0.25, 0.3) is 0 Å². The van der Waals surface area contributed by atoms with Crippen LogP contribution < -0.4 is 9.46 Å². The molecule has 0 aliphatic carbocycles. The van der Waals surface area contributed by atoms with Crippen LogP contribution in [0, 0.1) is 20.8 Å². The highest BCUT2D eigenvalue weighted by molar-refractivity contribution is 7.92. The number of anilines is 1. The topological polar surface area (TPSA) is 107 Å². The first-order chi connectivity index (χ1) is 17.2. The van der Waals surface area contributed by atoms with Crippen LogP contribution in [0.4, 0.5) is 5.69 Å². The second-order valence-corrected chi connectivity index (χ2v) is 12.4. The predicted octanol–water partition coefficient (Wildman–Crippen LogP) is 5.49. The molecule has 37 heavy (non-hydrogen) atoms. The van der Waals surface area contributed by atoms with Crippen molar-refractivity contribution in [3.63, 3.8) is 0 Å². The second-order valence-electron chi connectivity index (χ2n) is 10.7. The zero-order valence-electron chi connectivity index (χ0n) is 22.8. The van der Waals surface area contributed by atoms with Gasteiger partial charge in [0.2, 0.25) is 10.0 Å². The van der Waals surface area contributed by atoms with Gasteiger partial charge in [-0.25, -0.2) is 13.2 Å². The maximum atomic E-state index is 13.3. The van der Waals surface area contributed by atoms with Gasteiger partial charge in [-0.15, -0.1) is 0 Å². The van der Waals surface area contributed by atoms with Crippen LogP contribution in [0.2, 0.25) is 0 Å². The molecule has 9 heteroatoms. The van der Waals surface area contributed by atoms with E-state index >= 15 is 0 Å². The summed E-state index contributed by atoms with van der Waals surface area (Å²) in [6.45, 7) is 12.1. The van der Waals surface area contributed by atoms with Crippen LogP contribution in [-0.4, -0.2) is 44.9 Å². The molecule has 0 spiro atoms. The van der Waals surface area contributed by atoms with Crippen LogP contribution in [0.1, 0.15) is 61.1 Å². The Labute approximate surface area is 218 Å². The standard InChI is InChI=1S/C28H36N2O6S/c1-15-14-29-25-21(15)23(19-11-12-20-18(16(19)2)10-9-13-35-20)22(17(3)24(25)30-37(8,32)33)26(27(31)34-7)36-28(4,5)6/h11-12,14,26,29-30H,9-10,13H2,1-8H3. The number of H-pyrrole nitrogens is 1. The minimum Gasteiger partial charge on any atom is -0.493 e. The SMILES string of the molecule is COC(=O)C(OC(C)(C)C)c1c(C)c(NS(C)(=O)=O)c2[nH]cc(C)c2c1-c1ccc2c(c1C)CCCO2. The maximum absolute atomic E-state index is 13.3. The highest BCUT2D eigenvalue weighted by Crippen LogP contribution is 2.48. The molecule has 2 N–H and O–H groups in total. The Bertz CT molecular complexity index is 1480. The third-order valence-electron chi connectivity index (χ3n) is 6.72. The third-order valence-corrected chi connectivity index (χ3v) is 7.29. The summed E-state index contributed by atoms with van der Waals surface area (Å²) >= 11 is 0. The molecule has 4 rings (SSSR count). The van der Waals surface area contributed by atoms with Crippen molar-refractivity contribution >= 4 is 32.6 Å². The van der Waals surface area contributed by atoms with E-state index in [2.05, 4.69) is 16.6 Å². The highest BCUT2D eigenvalue weighted by atomic mass is 32.2. The lowest BCUT2D eigenvalue weighted by Gasteiger charge is -2.31. The zero-order chi connectivity index (χ0) is 27.3. The van der Waals surface area contributed by atoms with Gasteiger partial charge in [-0.3, -0.25) is 4.72 Å². The largest absolute Gasteiger partial charge is 0.493 e. The number of methoxy groups -OCH3 is 1. The summed E-state index contributed by atoms with van der Waals surface area (Å²) in [5.74, 6) is 0.315. The first-order valence-corrected chi connectivity index (χ1v) is 14.3. The molecule has 0 fully saturated rings. The summed E-state index contributed by atoms with van der Waals surface area (Å²) in [5, 5.41) is 0.818. The van der Waals surface area contributed by atoms with Crippen molar-refractivity contribution in [3.8, 4) is 16.9 Å². The van der Waals surface area contributed by atoms with E-state index in [1.165, 1.54) is 7.11 Å². The Morgan fingerprint density at radius 2 is 1.86 bits per heavy atom. The van der Waals surface area contributed by atoms with Crippen LogP contribution >= 0.6 is 0 Å². The van der Waals surface area contributed by atoms with Gasteiger partial charge in [0.15, 0.2) is 6.10 Å². The van der Waals surface area contributed by atoms with Gasteiger partial charge >= 0.3 is 5.97 Å². The Morgan fingerprint density at radius 3 is 2.49 bits per heavy atom. The summed E-state index contributed by atoms with van der Waals surface area (Å²) < 4.78 is 45.0. The normalized spacial score (nSPS) is 14.7. The minimum absolute atomic E-state index is 0.384. The summed E-state index contributed by atoms with van der Waals surface area (Å²) in [6.07, 6.45) is 3.69. The van der Waals surface area contributed by atoms with Gasteiger partial charge in [0.1, 0.15) is 5.75 Å². The molecule has 2 heterocycles. The van der Waals surface area contributed by atoms with E-state index in [4.69, 9.17) is 14.2 Å². The molecule has 200 valence electrons. The molecule has 0 bridgehead atoms. The number of carbonyl (C=O) groups excluding carboxylic acids is 1. The molecule has 3 aromatic rings. The van der Waals surface area contributed by atoms with Crippen molar-refractivity contribution in [2.75, 3.05) is 24.7 Å². The van der Waals surface area contributed by atoms with E-state index in [1.54, 1.807) is 6.92 Å². The van der Waals surface area contributed by atoms with Crippen LogP contribution in [0.5, 0.6) is 5.75 Å². The quantitative estimate of drug-likeness (QED) is 0.410. The van der Waals surface area contributed by atoms with E-state index in [1.807, 2.05) is 46.0 Å². The van der Waals surface area contributed by atoms with Crippen molar-refractivity contribution < 1.29 is 27.4 Å². The van der Waals surface area contributed by atoms with Crippen LogP contribution in [0.3, 0.4) is 0 Å². The average Bonchev–Trinajstić information content (AvgIpc) is 3.19. The van der Waals surface area contributed by atoms with Crippen LogP contribution in [0.25, 0.3) is 22.0 Å².